The maximum absolute atomic E-state index is 5.63. The molecule has 1 aliphatic carbocycles. The van der Waals surface area contributed by atoms with Crippen molar-refractivity contribution in [1.29, 1.82) is 0 Å². The molecule has 2 rings (SSSR count). The highest BCUT2D eigenvalue weighted by molar-refractivity contribution is 5.89. The number of oxime groups is 1. The van der Waals surface area contributed by atoms with Crippen LogP contribution in [0.5, 0.6) is 0 Å². The van der Waals surface area contributed by atoms with Gasteiger partial charge in [-0.05, 0) is 33.1 Å². The van der Waals surface area contributed by atoms with E-state index in [0.29, 0.717) is 0 Å². The van der Waals surface area contributed by atoms with Gasteiger partial charge in [-0.2, -0.15) is 0 Å². The Morgan fingerprint density at radius 2 is 1.85 bits per heavy atom. The predicted octanol–water partition coefficient (Wildman–Crippen LogP) is 3.12. The average molecular weight is 181 g/mol. The van der Waals surface area contributed by atoms with E-state index in [1.165, 1.54) is 31.4 Å². The molecule has 2 unspecified atom stereocenters. The van der Waals surface area contributed by atoms with Crippen molar-refractivity contribution in [2.24, 2.45) is 10.6 Å². The van der Waals surface area contributed by atoms with Crippen LogP contribution >= 0.6 is 0 Å². The van der Waals surface area contributed by atoms with E-state index in [9.17, 15) is 0 Å². The Bertz CT molecular complexity index is 248. The van der Waals surface area contributed by atoms with Crippen LogP contribution in [-0.2, 0) is 4.84 Å². The van der Waals surface area contributed by atoms with Crippen molar-refractivity contribution in [2.45, 2.75) is 58.5 Å². The second-order valence-electron chi connectivity index (χ2n) is 4.89. The third kappa shape index (κ3) is 1.11. The van der Waals surface area contributed by atoms with E-state index in [0.717, 1.165) is 6.42 Å². The summed E-state index contributed by atoms with van der Waals surface area (Å²) in [6.45, 7) is 6.64. The molecule has 0 saturated heterocycles. The quantitative estimate of drug-likeness (QED) is 0.562. The minimum atomic E-state index is -0.0203. The van der Waals surface area contributed by atoms with Gasteiger partial charge in [0.25, 0.3) is 0 Å². The molecule has 0 bridgehead atoms. The van der Waals surface area contributed by atoms with E-state index in [1.807, 2.05) is 0 Å². The van der Waals surface area contributed by atoms with Crippen LogP contribution in [0.1, 0.15) is 52.9 Å². The normalized spacial score (nSPS) is 44.7. The first-order chi connectivity index (χ1) is 6.08. The molecule has 0 aromatic carbocycles. The standard InChI is InChI=1S/C11H19NO/c1-9-10(2)7-5-4-6-8-11(10,3)13-12-9/h4-8H2,1-3H3. The summed E-state index contributed by atoms with van der Waals surface area (Å²) in [5, 5.41) is 4.18. The van der Waals surface area contributed by atoms with Crippen molar-refractivity contribution in [3.05, 3.63) is 0 Å². The number of fused-ring (bicyclic) bond motifs is 1. The molecule has 0 spiro atoms. The van der Waals surface area contributed by atoms with Crippen LogP contribution in [0.3, 0.4) is 0 Å². The molecule has 0 aromatic rings. The molecule has 1 aliphatic heterocycles. The van der Waals surface area contributed by atoms with Crippen molar-refractivity contribution < 1.29 is 4.84 Å². The van der Waals surface area contributed by atoms with Gasteiger partial charge in [0.15, 0.2) is 0 Å². The lowest BCUT2D eigenvalue weighted by atomic mass is 9.69. The number of nitrogens with zero attached hydrogens (tertiary/aromatic N) is 1. The fourth-order valence-corrected chi connectivity index (χ4v) is 2.64. The van der Waals surface area contributed by atoms with Gasteiger partial charge < -0.3 is 4.84 Å². The zero-order valence-electron chi connectivity index (χ0n) is 8.89. The van der Waals surface area contributed by atoms with Crippen LogP contribution in [0.4, 0.5) is 0 Å². The van der Waals surface area contributed by atoms with E-state index in [1.54, 1.807) is 0 Å². The van der Waals surface area contributed by atoms with Gasteiger partial charge in [-0.25, -0.2) is 0 Å². The van der Waals surface area contributed by atoms with Crippen LogP contribution in [0.25, 0.3) is 0 Å². The minimum absolute atomic E-state index is 0.0203. The number of hydrogen-bond acceptors (Lipinski definition) is 2. The van der Waals surface area contributed by atoms with Gasteiger partial charge in [-0.3, -0.25) is 0 Å². The van der Waals surface area contributed by atoms with Crippen LogP contribution in [-0.4, -0.2) is 11.3 Å². The lowest BCUT2D eigenvalue weighted by molar-refractivity contribution is -0.0665. The summed E-state index contributed by atoms with van der Waals surface area (Å²) >= 11 is 0. The van der Waals surface area contributed by atoms with Gasteiger partial charge in [0.2, 0.25) is 0 Å². The largest absolute Gasteiger partial charge is 0.389 e. The minimum Gasteiger partial charge on any atom is -0.389 e. The first-order valence-corrected chi connectivity index (χ1v) is 5.32. The molecule has 0 aromatic heterocycles. The van der Waals surface area contributed by atoms with Crippen LogP contribution < -0.4 is 0 Å². The van der Waals surface area contributed by atoms with Crippen molar-refractivity contribution in [3.8, 4) is 0 Å². The first kappa shape index (κ1) is 9.04. The monoisotopic (exact) mass is 181 g/mol. The molecular weight excluding hydrogens is 162 g/mol. The summed E-state index contributed by atoms with van der Waals surface area (Å²) < 4.78 is 0. The van der Waals surface area contributed by atoms with Crippen molar-refractivity contribution in [1.82, 2.24) is 0 Å². The third-order valence-electron chi connectivity index (χ3n) is 4.18. The van der Waals surface area contributed by atoms with Crippen LogP contribution in [0, 0.1) is 5.41 Å². The molecule has 1 saturated carbocycles. The highest BCUT2D eigenvalue weighted by atomic mass is 16.7. The summed E-state index contributed by atoms with van der Waals surface area (Å²) in [4.78, 5) is 5.63. The molecule has 1 heterocycles. The molecule has 74 valence electrons. The van der Waals surface area contributed by atoms with Gasteiger partial charge in [0, 0.05) is 0 Å². The summed E-state index contributed by atoms with van der Waals surface area (Å²) in [5.74, 6) is 0. The molecule has 0 amide bonds. The van der Waals surface area contributed by atoms with Gasteiger partial charge in [-0.15, -0.1) is 0 Å². The Morgan fingerprint density at radius 3 is 2.62 bits per heavy atom. The average Bonchev–Trinajstić information content (AvgIpc) is 2.24. The summed E-state index contributed by atoms with van der Waals surface area (Å²) in [6.07, 6.45) is 6.35. The Balaban J connectivity index is 2.33. The van der Waals surface area contributed by atoms with E-state index >= 15 is 0 Å². The molecule has 1 fully saturated rings. The van der Waals surface area contributed by atoms with Gasteiger partial charge in [-0.1, -0.05) is 24.9 Å². The highest BCUT2D eigenvalue weighted by Gasteiger charge is 2.53. The molecule has 0 radical (unpaired) electrons. The molecule has 2 atom stereocenters. The molecule has 0 N–H and O–H groups in total. The Labute approximate surface area is 80.3 Å². The van der Waals surface area contributed by atoms with E-state index < -0.39 is 0 Å². The summed E-state index contributed by atoms with van der Waals surface area (Å²) in [6, 6.07) is 0. The maximum Gasteiger partial charge on any atom is 0.145 e. The summed E-state index contributed by atoms with van der Waals surface area (Å²) in [7, 11) is 0. The van der Waals surface area contributed by atoms with E-state index in [2.05, 4.69) is 25.9 Å². The number of rotatable bonds is 0. The molecular formula is C11H19NO. The van der Waals surface area contributed by atoms with Gasteiger partial charge >= 0.3 is 0 Å². The fraction of sp³-hybridized carbons (Fsp3) is 0.909. The highest BCUT2D eigenvalue weighted by Crippen LogP contribution is 2.49. The topological polar surface area (TPSA) is 21.6 Å². The lowest BCUT2D eigenvalue weighted by Gasteiger charge is -2.36. The molecule has 2 heteroatoms. The smallest absolute Gasteiger partial charge is 0.145 e. The molecule has 2 aliphatic rings. The van der Waals surface area contributed by atoms with Crippen molar-refractivity contribution in [3.63, 3.8) is 0 Å². The SMILES string of the molecule is CC1=NOC2(C)CCCCCC12C. The zero-order chi connectivity index (χ0) is 9.53. The van der Waals surface area contributed by atoms with E-state index in [-0.39, 0.29) is 11.0 Å². The fourth-order valence-electron chi connectivity index (χ4n) is 2.64. The van der Waals surface area contributed by atoms with Crippen molar-refractivity contribution in [2.75, 3.05) is 0 Å². The number of hydrogen-bond donors (Lipinski definition) is 0. The lowest BCUT2D eigenvalue weighted by Crippen LogP contribution is -2.44. The Hall–Kier alpha value is -0.530. The van der Waals surface area contributed by atoms with Gasteiger partial charge in [0.05, 0.1) is 11.1 Å². The Kier molecular flexibility index (Phi) is 1.90. The molecule has 13 heavy (non-hydrogen) atoms. The first-order valence-electron chi connectivity index (χ1n) is 5.32. The van der Waals surface area contributed by atoms with Crippen LogP contribution in [0.2, 0.25) is 0 Å². The summed E-state index contributed by atoms with van der Waals surface area (Å²) in [5.41, 5.74) is 1.37. The Morgan fingerprint density at radius 1 is 1.15 bits per heavy atom. The second-order valence-corrected chi connectivity index (χ2v) is 4.89. The zero-order valence-corrected chi connectivity index (χ0v) is 8.89. The second kappa shape index (κ2) is 2.73. The maximum atomic E-state index is 5.63. The van der Waals surface area contributed by atoms with Gasteiger partial charge in [0.1, 0.15) is 5.60 Å². The molecule has 2 nitrogen and oxygen atoms in total. The third-order valence-corrected chi connectivity index (χ3v) is 4.18. The van der Waals surface area contributed by atoms with Crippen LogP contribution in [0.15, 0.2) is 5.16 Å². The van der Waals surface area contributed by atoms with E-state index in [4.69, 9.17) is 4.84 Å². The van der Waals surface area contributed by atoms with Crippen molar-refractivity contribution >= 4 is 5.71 Å². The predicted molar refractivity (Wildman–Crippen MR) is 53.8 cm³/mol.